The number of carbonyl (C=O) groups is 1. The topological polar surface area (TPSA) is 54.9 Å². The lowest BCUT2D eigenvalue weighted by Crippen LogP contribution is -2.35. The van der Waals surface area contributed by atoms with E-state index in [0.29, 0.717) is 10.8 Å². The summed E-state index contributed by atoms with van der Waals surface area (Å²) in [6.07, 6.45) is 5.72. The van der Waals surface area contributed by atoms with Gasteiger partial charge in [-0.15, -0.1) is 10.2 Å². The monoisotopic (exact) mass is 267 g/mol. The molecule has 1 aromatic heterocycles. The molecule has 1 fully saturated rings. The molecule has 1 aliphatic carbocycles. The van der Waals surface area contributed by atoms with Crippen LogP contribution in [0.15, 0.2) is 12.1 Å². The van der Waals surface area contributed by atoms with E-state index >= 15 is 0 Å². The van der Waals surface area contributed by atoms with Crippen molar-refractivity contribution in [3.05, 3.63) is 23.0 Å². The van der Waals surface area contributed by atoms with Crippen molar-refractivity contribution in [1.82, 2.24) is 15.5 Å². The minimum atomic E-state index is -0.154. The normalized spacial score (nSPS) is 24.3. The number of hydrogen-bond acceptors (Lipinski definition) is 3. The molecular formula is C13H18ClN3O. The van der Waals surface area contributed by atoms with E-state index < -0.39 is 0 Å². The molecule has 18 heavy (non-hydrogen) atoms. The summed E-state index contributed by atoms with van der Waals surface area (Å²) in [6, 6.07) is 3.45. The van der Waals surface area contributed by atoms with Crippen LogP contribution in [0.1, 0.15) is 49.5 Å². The van der Waals surface area contributed by atoms with Gasteiger partial charge in [-0.25, -0.2) is 0 Å². The zero-order valence-corrected chi connectivity index (χ0v) is 11.3. The minimum absolute atomic E-state index is 0.154. The van der Waals surface area contributed by atoms with Gasteiger partial charge in [0.25, 0.3) is 5.91 Å². The van der Waals surface area contributed by atoms with Gasteiger partial charge in [0.05, 0.1) is 0 Å². The average Bonchev–Trinajstić information content (AvgIpc) is 2.55. The maximum atomic E-state index is 12.0. The fraction of sp³-hybridized carbons (Fsp3) is 0.615. The first-order chi connectivity index (χ1) is 8.65. The molecule has 1 aromatic rings. The molecule has 4 nitrogen and oxygen atoms in total. The second kappa shape index (κ2) is 6.14. The lowest BCUT2D eigenvalue weighted by molar-refractivity contribution is 0.0927. The third-order valence-corrected chi connectivity index (χ3v) is 3.66. The van der Waals surface area contributed by atoms with Crippen molar-refractivity contribution in [1.29, 1.82) is 0 Å². The van der Waals surface area contributed by atoms with Crippen molar-refractivity contribution < 1.29 is 4.79 Å². The average molecular weight is 268 g/mol. The lowest BCUT2D eigenvalue weighted by atomic mass is 10.0. The highest BCUT2D eigenvalue weighted by Gasteiger charge is 2.19. The Labute approximate surface area is 112 Å². The summed E-state index contributed by atoms with van der Waals surface area (Å²) in [5, 5.41) is 10.8. The molecule has 1 amide bonds. The van der Waals surface area contributed by atoms with Gasteiger partial charge in [0, 0.05) is 6.04 Å². The van der Waals surface area contributed by atoms with Crippen LogP contribution in [0.2, 0.25) is 5.15 Å². The highest BCUT2D eigenvalue weighted by atomic mass is 35.5. The van der Waals surface area contributed by atoms with Crippen LogP contribution in [-0.2, 0) is 0 Å². The maximum Gasteiger partial charge on any atom is 0.272 e. The quantitative estimate of drug-likeness (QED) is 0.839. The molecule has 2 unspecified atom stereocenters. The molecule has 98 valence electrons. The van der Waals surface area contributed by atoms with Crippen LogP contribution in [0, 0.1) is 5.92 Å². The highest BCUT2D eigenvalue weighted by Crippen LogP contribution is 2.22. The van der Waals surface area contributed by atoms with E-state index in [9.17, 15) is 4.79 Å². The molecule has 0 radical (unpaired) electrons. The summed E-state index contributed by atoms with van der Waals surface area (Å²) < 4.78 is 0. The number of rotatable bonds is 2. The van der Waals surface area contributed by atoms with Gasteiger partial charge in [-0.1, -0.05) is 31.4 Å². The van der Waals surface area contributed by atoms with Gasteiger partial charge >= 0.3 is 0 Å². The Bertz CT molecular complexity index is 407. The van der Waals surface area contributed by atoms with Crippen molar-refractivity contribution in [3.63, 3.8) is 0 Å². The Kier molecular flexibility index (Phi) is 4.53. The molecule has 2 atom stereocenters. The summed E-state index contributed by atoms with van der Waals surface area (Å²) in [7, 11) is 0. The predicted octanol–water partition coefficient (Wildman–Crippen LogP) is 2.83. The van der Waals surface area contributed by atoms with Crippen LogP contribution in [0.5, 0.6) is 0 Å². The molecule has 2 rings (SSSR count). The summed E-state index contributed by atoms with van der Waals surface area (Å²) >= 11 is 5.64. The van der Waals surface area contributed by atoms with Crippen LogP contribution in [0.25, 0.3) is 0 Å². The Morgan fingerprint density at radius 1 is 1.28 bits per heavy atom. The van der Waals surface area contributed by atoms with Gasteiger partial charge in [-0.05, 0) is 37.3 Å². The van der Waals surface area contributed by atoms with E-state index in [0.717, 1.165) is 18.8 Å². The highest BCUT2D eigenvalue weighted by molar-refractivity contribution is 6.29. The molecule has 1 aliphatic rings. The maximum absolute atomic E-state index is 12.0. The number of nitrogens with zero attached hydrogens (tertiary/aromatic N) is 2. The smallest absolute Gasteiger partial charge is 0.272 e. The standard InChI is InChI=1S/C13H18ClN3O/c1-9-3-2-4-10(6-5-9)15-13(18)11-7-8-12(14)17-16-11/h7-10H,2-6H2,1H3,(H,15,18). The van der Waals surface area contributed by atoms with Gasteiger partial charge in [-0.2, -0.15) is 0 Å². The van der Waals surface area contributed by atoms with Crippen LogP contribution >= 0.6 is 11.6 Å². The van der Waals surface area contributed by atoms with Crippen molar-refractivity contribution >= 4 is 17.5 Å². The van der Waals surface area contributed by atoms with Crippen molar-refractivity contribution in [2.75, 3.05) is 0 Å². The molecule has 1 heterocycles. The Morgan fingerprint density at radius 2 is 2.11 bits per heavy atom. The fourth-order valence-corrected chi connectivity index (χ4v) is 2.43. The van der Waals surface area contributed by atoms with E-state index in [1.165, 1.54) is 19.3 Å². The molecule has 5 heteroatoms. The molecule has 0 spiro atoms. The SMILES string of the molecule is CC1CCCC(NC(=O)c2ccc(Cl)nn2)CC1. The second-order valence-corrected chi connectivity index (χ2v) is 5.41. The molecule has 1 N–H and O–H groups in total. The molecule has 0 bridgehead atoms. The van der Waals surface area contributed by atoms with Crippen molar-refractivity contribution in [3.8, 4) is 0 Å². The van der Waals surface area contributed by atoms with E-state index in [2.05, 4.69) is 22.4 Å². The lowest BCUT2D eigenvalue weighted by Gasteiger charge is -2.15. The van der Waals surface area contributed by atoms with E-state index in [-0.39, 0.29) is 11.9 Å². The van der Waals surface area contributed by atoms with Gasteiger partial charge in [0.1, 0.15) is 0 Å². The van der Waals surface area contributed by atoms with Crippen LogP contribution in [0.3, 0.4) is 0 Å². The first-order valence-corrected chi connectivity index (χ1v) is 6.83. The molecule has 0 saturated heterocycles. The summed E-state index contributed by atoms with van der Waals surface area (Å²) in [4.78, 5) is 12.0. The van der Waals surface area contributed by atoms with Crippen LogP contribution < -0.4 is 5.32 Å². The number of aromatic nitrogens is 2. The van der Waals surface area contributed by atoms with E-state index in [4.69, 9.17) is 11.6 Å². The van der Waals surface area contributed by atoms with Crippen LogP contribution in [-0.4, -0.2) is 22.1 Å². The molecular weight excluding hydrogens is 250 g/mol. The summed E-state index contributed by atoms with van der Waals surface area (Å²) in [6.45, 7) is 2.27. The number of amides is 1. The Morgan fingerprint density at radius 3 is 2.83 bits per heavy atom. The van der Waals surface area contributed by atoms with E-state index in [1.54, 1.807) is 12.1 Å². The van der Waals surface area contributed by atoms with Gasteiger partial charge in [0.15, 0.2) is 10.8 Å². The zero-order chi connectivity index (χ0) is 13.0. The van der Waals surface area contributed by atoms with Crippen molar-refractivity contribution in [2.45, 2.75) is 45.1 Å². The minimum Gasteiger partial charge on any atom is -0.348 e. The van der Waals surface area contributed by atoms with Gasteiger partial charge in [0.2, 0.25) is 0 Å². The predicted molar refractivity (Wildman–Crippen MR) is 70.5 cm³/mol. The zero-order valence-electron chi connectivity index (χ0n) is 10.5. The van der Waals surface area contributed by atoms with Crippen molar-refractivity contribution in [2.24, 2.45) is 5.92 Å². The van der Waals surface area contributed by atoms with Gasteiger partial charge in [-0.3, -0.25) is 4.79 Å². The third kappa shape index (κ3) is 3.67. The number of carbonyl (C=O) groups excluding carboxylic acids is 1. The van der Waals surface area contributed by atoms with Gasteiger partial charge < -0.3 is 5.32 Å². The second-order valence-electron chi connectivity index (χ2n) is 5.03. The van der Waals surface area contributed by atoms with Crippen LogP contribution in [0.4, 0.5) is 0 Å². The van der Waals surface area contributed by atoms with E-state index in [1.807, 2.05) is 0 Å². The summed E-state index contributed by atoms with van der Waals surface area (Å²) in [5.41, 5.74) is 0.330. The number of halogens is 1. The third-order valence-electron chi connectivity index (χ3n) is 3.46. The first kappa shape index (κ1) is 13.3. The number of nitrogens with one attached hydrogen (secondary N) is 1. The largest absolute Gasteiger partial charge is 0.348 e. The first-order valence-electron chi connectivity index (χ1n) is 6.45. The molecule has 0 aliphatic heterocycles. The Hall–Kier alpha value is -1.16. The fourth-order valence-electron chi connectivity index (χ4n) is 2.33. The molecule has 1 saturated carbocycles. The molecule has 0 aromatic carbocycles. The number of hydrogen-bond donors (Lipinski definition) is 1. The Balaban J connectivity index is 1.92. The summed E-state index contributed by atoms with van der Waals surface area (Å²) in [5.74, 6) is 0.612.